The fourth-order valence-electron chi connectivity index (χ4n) is 2.20. The third kappa shape index (κ3) is 3.63. The summed E-state index contributed by atoms with van der Waals surface area (Å²) in [6, 6.07) is 0.368. The van der Waals surface area contributed by atoms with Crippen LogP contribution in [0.2, 0.25) is 0 Å². The Morgan fingerprint density at radius 1 is 1.38 bits per heavy atom. The zero-order valence-corrected chi connectivity index (χ0v) is 11.5. The van der Waals surface area contributed by atoms with E-state index >= 15 is 0 Å². The van der Waals surface area contributed by atoms with Gasteiger partial charge in [0.05, 0.1) is 0 Å². The summed E-state index contributed by atoms with van der Waals surface area (Å²) in [5.41, 5.74) is -0.0219. The van der Waals surface area contributed by atoms with Crippen molar-refractivity contribution in [2.75, 3.05) is 13.1 Å². The summed E-state index contributed by atoms with van der Waals surface area (Å²) in [5.74, 6) is 0.265. The molecule has 2 N–H and O–H groups in total. The van der Waals surface area contributed by atoms with Crippen LogP contribution in [0.3, 0.4) is 0 Å². The Morgan fingerprint density at radius 3 is 2.38 bits per heavy atom. The van der Waals surface area contributed by atoms with Crippen molar-refractivity contribution in [3.63, 3.8) is 0 Å². The highest BCUT2D eigenvalue weighted by Gasteiger charge is 2.41. The summed E-state index contributed by atoms with van der Waals surface area (Å²) in [6.07, 6.45) is 4.34. The van der Waals surface area contributed by atoms with Crippen LogP contribution < -0.4 is 10.6 Å². The Hall–Kier alpha value is -0.280. The van der Waals surface area contributed by atoms with Gasteiger partial charge in [-0.05, 0) is 32.7 Å². The third-order valence-corrected chi connectivity index (χ3v) is 3.59. The predicted octanol–water partition coefficient (Wildman–Crippen LogP) is 2.10. The van der Waals surface area contributed by atoms with Gasteiger partial charge in [-0.1, -0.05) is 20.3 Å². The van der Waals surface area contributed by atoms with Gasteiger partial charge in [-0.15, -0.1) is 12.4 Å². The summed E-state index contributed by atoms with van der Waals surface area (Å²) in [5, 5.41) is 6.35. The molecule has 0 spiro atoms. The Balaban J connectivity index is 0.00000225. The van der Waals surface area contributed by atoms with Gasteiger partial charge in [0.25, 0.3) is 0 Å². The number of carbonyl (C=O) groups excluding carboxylic acids is 1. The molecule has 1 fully saturated rings. The number of rotatable bonds is 6. The number of amides is 1. The fraction of sp³-hybridized carbons (Fsp3) is 0.917. The average Bonchev–Trinajstić information content (AvgIpc) is 2.14. The van der Waals surface area contributed by atoms with E-state index in [0.717, 1.165) is 32.4 Å². The molecule has 1 atom stereocenters. The molecule has 1 aliphatic rings. The zero-order valence-electron chi connectivity index (χ0n) is 10.6. The number of halogens is 1. The molecule has 0 aliphatic heterocycles. The molecule has 0 aromatic rings. The smallest absolute Gasteiger partial charge is 0.226 e. The summed E-state index contributed by atoms with van der Waals surface area (Å²) >= 11 is 0. The molecule has 0 aromatic heterocycles. The molecule has 16 heavy (non-hydrogen) atoms. The first-order valence-corrected chi connectivity index (χ1v) is 6.16. The lowest BCUT2D eigenvalue weighted by Crippen LogP contribution is -2.48. The predicted molar refractivity (Wildman–Crippen MR) is 70.0 cm³/mol. The lowest BCUT2D eigenvalue weighted by molar-refractivity contribution is -0.136. The first-order chi connectivity index (χ1) is 7.14. The van der Waals surface area contributed by atoms with Gasteiger partial charge in [-0.2, -0.15) is 0 Å². The second-order valence-corrected chi connectivity index (χ2v) is 4.66. The molecule has 0 radical (unpaired) electrons. The quantitative estimate of drug-likeness (QED) is 0.756. The van der Waals surface area contributed by atoms with Crippen molar-refractivity contribution in [2.24, 2.45) is 5.41 Å². The molecule has 1 rings (SSSR count). The summed E-state index contributed by atoms with van der Waals surface area (Å²) in [4.78, 5) is 11.9. The maximum Gasteiger partial charge on any atom is 0.226 e. The van der Waals surface area contributed by atoms with Crippen LogP contribution in [0.1, 0.15) is 46.5 Å². The van der Waals surface area contributed by atoms with E-state index in [0.29, 0.717) is 6.04 Å². The second-order valence-electron chi connectivity index (χ2n) is 4.66. The van der Waals surface area contributed by atoms with E-state index in [1.807, 2.05) is 0 Å². The van der Waals surface area contributed by atoms with Crippen LogP contribution >= 0.6 is 12.4 Å². The van der Waals surface area contributed by atoms with Crippen LogP contribution in [0, 0.1) is 5.41 Å². The second kappa shape index (κ2) is 7.13. The van der Waals surface area contributed by atoms with Crippen LogP contribution in [-0.2, 0) is 4.79 Å². The number of carbonyl (C=O) groups is 1. The minimum atomic E-state index is -0.0219. The lowest BCUT2D eigenvalue weighted by atomic mass is 9.66. The van der Waals surface area contributed by atoms with Crippen LogP contribution in [0.15, 0.2) is 0 Å². The Bertz CT molecular complexity index is 212. The number of hydrogen-bond donors (Lipinski definition) is 2. The zero-order chi connectivity index (χ0) is 11.3. The fourth-order valence-corrected chi connectivity index (χ4v) is 2.20. The van der Waals surface area contributed by atoms with Crippen LogP contribution in [0.25, 0.3) is 0 Å². The molecule has 0 aromatic carbocycles. The van der Waals surface area contributed by atoms with Gasteiger partial charge in [0, 0.05) is 18.0 Å². The van der Waals surface area contributed by atoms with E-state index in [4.69, 9.17) is 0 Å². The SMILES string of the molecule is CCN[C@H](C)CNC(=O)C1(CC)CCC1.Cl. The highest BCUT2D eigenvalue weighted by molar-refractivity contribution is 5.85. The van der Waals surface area contributed by atoms with Gasteiger partial charge >= 0.3 is 0 Å². The molecular weight excluding hydrogens is 224 g/mol. The van der Waals surface area contributed by atoms with E-state index in [2.05, 4.69) is 31.4 Å². The first-order valence-electron chi connectivity index (χ1n) is 6.16. The van der Waals surface area contributed by atoms with Crippen molar-refractivity contribution in [3.05, 3.63) is 0 Å². The number of hydrogen-bond acceptors (Lipinski definition) is 2. The van der Waals surface area contributed by atoms with Gasteiger partial charge in [-0.25, -0.2) is 0 Å². The van der Waals surface area contributed by atoms with E-state index in [1.165, 1.54) is 6.42 Å². The van der Waals surface area contributed by atoms with Crippen molar-refractivity contribution in [1.82, 2.24) is 10.6 Å². The minimum Gasteiger partial charge on any atom is -0.354 e. The van der Waals surface area contributed by atoms with E-state index < -0.39 is 0 Å². The first kappa shape index (κ1) is 15.7. The Morgan fingerprint density at radius 2 is 2.00 bits per heavy atom. The van der Waals surface area contributed by atoms with Gasteiger partial charge in [0.2, 0.25) is 5.91 Å². The maximum absolute atomic E-state index is 11.9. The summed E-state index contributed by atoms with van der Waals surface area (Å²) in [7, 11) is 0. The lowest BCUT2D eigenvalue weighted by Gasteiger charge is -2.39. The minimum absolute atomic E-state index is 0. The molecule has 0 bridgehead atoms. The summed E-state index contributed by atoms with van der Waals surface area (Å²) < 4.78 is 0. The van der Waals surface area contributed by atoms with Gasteiger partial charge in [0.15, 0.2) is 0 Å². The number of likely N-dealkylation sites (N-methyl/N-ethyl adjacent to an activating group) is 1. The highest BCUT2D eigenvalue weighted by atomic mass is 35.5. The van der Waals surface area contributed by atoms with Crippen molar-refractivity contribution < 1.29 is 4.79 Å². The van der Waals surface area contributed by atoms with E-state index in [9.17, 15) is 4.79 Å². The normalized spacial score (nSPS) is 19.2. The summed E-state index contributed by atoms with van der Waals surface area (Å²) in [6.45, 7) is 8.00. The van der Waals surface area contributed by atoms with Crippen LogP contribution in [0.4, 0.5) is 0 Å². The van der Waals surface area contributed by atoms with Crippen molar-refractivity contribution in [2.45, 2.75) is 52.5 Å². The molecule has 1 saturated carbocycles. The molecule has 4 heteroatoms. The van der Waals surface area contributed by atoms with Crippen molar-refractivity contribution >= 4 is 18.3 Å². The molecule has 0 unspecified atom stereocenters. The van der Waals surface area contributed by atoms with Gasteiger partial charge < -0.3 is 10.6 Å². The largest absolute Gasteiger partial charge is 0.354 e. The molecule has 0 saturated heterocycles. The topological polar surface area (TPSA) is 41.1 Å². The van der Waals surface area contributed by atoms with Crippen molar-refractivity contribution in [1.29, 1.82) is 0 Å². The highest BCUT2D eigenvalue weighted by Crippen LogP contribution is 2.43. The standard InChI is InChI=1S/C12H24N2O.ClH/c1-4-12(7-6-8-12)11(15)14-9-10(3)13-5-2;/h10,13H,4-9H2,1-3H3,(H,14,15);1H/t10-;/m1./s1. The van der Waals surface area contributed by atoms with Crippen LogP contribution in [0.5, 0.6) is 0 Å². The Kier molecular flexibility index (Phi) is 7.00. The molecular formula is C12H25ClN2O. The molecule has 96 valence electrons. The third-order valence-electron chi connectivity index (χ3n) is 3.59. The molecule has 3 nitrogen and oxygen atoms in total. The maximum atomic E-state index is 11.9. The Labute approximate surface area is 105 Å². The molecule has 1 amide bonds. The van der Waals surface area contributed by atoms with E-state index in [-0.39, 0.29) is 23.7 Å². The van der Waals surface area contributed by atoms with Crippen molar-refractivity contribution in [3.8, 4) is 0 Å². The van der Waals surface area contributed by atoms with Gasteiger partial charge in [-0.3, -0.25) is 4.79 Å². The monoisotopic (exact) mass is 248 g/mol. The van der Waals surface area contributed by atoms with Gasteiger partial charge in [0.1, 0.15) is 0 Å². The number of nitrogens with one attached hydrogen (secondary N) is 2. The molecule has 0 heterocycles. The van der Waals surface area contributed by atoms with Crippen LogP contribution in [-0.4, -0.2) is 25.0 Å². The average molecular weight is 249 g/mol. The van der Waals surface area contributed by atoms with E-state index in [1.54, 1.807) is 0 Å². The molecule has 1 aliphatic carbocycles.